The van der Waals surface area contributed by atoms with E-state index < -0.39 is 0 Å². The molecule has 1 aliphatic rings. The zero-order valence-electron chi connectivity index (χ0n) is 31.8. The zero-order valence-corrected chi connectivity index (χ0v) is 33.4. The van der Waals surface area contributed by atoms with Crippen molar-refractivity contribution < 1.29 is 0 Å². The van der Waals surface area contributed by atoms with Gasteiger partial charge in [-0.15, -0.1) is 22.7 Å². The fourth-order valence-electron chi connectivity index (χ4n) is 8.96. The number of benzene rings is 9. The van der Waals surface area contributed by atoms with E-state index in [0.29, 0.717) is 18.2 Å². The van der Waals surface area contributed by atoms with Crippen LogP contribution in [0, 0.1) is 0 Å². The lowest BCUT2D eigenvalue weighted by molar-refractivity contribution is 1.06. The maximum atomic E-state index is 7.06. The Morgan fingerprint density at radius 1 is 0.492 bits per heavy atom. The first-order valence-electron chi connectivity index (χ1n) is 19.8. The number of nitrogens with two attached hydrogens (primary N) is 1. The van der Waals surface area contributed by atoms with Crippen molar-refractivity contribution in [1.29, 1.82) is 0 Å². The number of fused-ring (bicyclic) bond motifs is 9. The highest BCUT2D eigenvalue weighted by molar-refractivity contribution is 7.26. The monoisotopic (exact) mass is 790 g/mol. The first-order chi connectivity index (χ1) is 29.2. The molecule has 59 heavy (non-hydrogen) atoms. The van der Waals surface area contributed by atoms with Gasteiger partial charge in [0, 0.05) is 68.1 Å². The van der Waals surface area contributed by atoms with Crippen LogP contribution in [0.15, 0.2) is 192 Å². The van der Waals surface area contributed by atoms with Crippen molar-refractivity contribution in [3.8, 4) is 11.1 Å². The van der Waals surface area contributed by atoms with Crippen LogP contribution in [-0.2, 0) is 6.54 Å². The molecule has 0 unspecified atom stereocenters. The molecule has 11 aromatic rings. The van der Waals surface area contributed by atoms with Gasteiger partial charge in [0.05, 0.1) is 17.9 Å². The molecule has 278 valence electrons. The van der Waals surface area contributed by atoms with Gasteiger partial charge in [0.2, 0.25) is 0 Å². The summed E-state index contributed by atoms with van der Waals surface area (Å²) < 4.78 is 4.76. The van der Waals surface area contributed by atoms with E-state index in [9.17, 15) is 0 Å². The highest BCUT2D eigenvalue weighted by atomic mass is 32.1. The molecule has 0 aliphatic carbocycles. The Hall–Kier alpha value is -7.12. The number of anilines is 3. The van der Waals surface area contributed by atoms with E-state index >= 15 is 0 Å². The summed E-state index contributed by atoms with van der Waals surface area (Å²) in [6.07, 6.45) is 0. The van der Waals surface area contributed by atoms with Crippen LogP contribution in [0.25, 0.3) is 73.0 Å². The molecule has 9 aromatic carbocycles. The van der Waals surface area contributed by atoms with Crippen molar-refractivity contribution in [3.05, 3.63) is 199 Å². The van der Waals surface area contributed by atoms with Crippen LogP contribution in [0.4, 0.5) is 17.1 Å². The second-order valence-corrected chi connectivity index (χ2v) is 17.2. The van der Waals surface area contributed by atoms with Crippen molar-refractivity contribution in [1.82, 2.24) is 0 Å². The Morgan fingerprint density at radius 3 is 1.85 bits per heavy atom. The Labute approximate surface area is 348 Å². The Balaban J connectivity index is 1.01. The molecular weight excluding hydrogens is 757 g/mol. The highest BCUT2D eigenvalue weighted by Crippen LogP contribution is 2.52. The number of thiophene rings is 2. The second-order valence-electron chi connectivity index (χ2n) is 15.1. The molecule has 0 bridgehead atoms. The van der Waals surface area contributed by atoms with E-state index in [1.807, 2.05) is 0 Å². The molecule has 6 heteroatoms. The second kappa shape index (κ2) is 13.5. The molecule has 1 aliphatic heterocycles. The van der Waals surface area contributed by atoms with Gasteiger partial charge < -0.3 is 10.6 Å². The minimum atomic E-state index is 0.424. The van der Waals surface area contributed by atoms with Gasteiger partial charge in [-0.2, -0.15) is 0 Å². The summed E-state index contributed by atoms with van der Waals surface area (Å²) in [4.78, 5) is 13.0. The SMILES string of the molecule is NC(=NC(=NCc1cccc(N2c3cc4ccccc4cc3-c3cccc4cccc2c34)c1)c1cccc2c1sc1ccccc12)c1cccc2c1sc1ccccc12. The first-order valence-corrected chi connectivity index (χ1v) is 21.4. The van der Waals surface area contributed by atoms with Crippen molar-refractivity contribution in [3.63, 3.8) is 0 Å². The van der Waals surface area contributed by atoms with Gasteiger partial charge in [0.15, 0.2) is 5.84 Å². The molecule has 0 spiro atoms. The van der Waals surface area contributed by atoms with Gasteiger partial charge in [-0.1, -0.05) is 127 Å². The van der Waals surface area contributed by atoms with E-state index in [2.05, 4.69) is 187 Å². The standard InChI is InChI=1S/C53H34N4S2/c54-52(42-23-10-21-40-37-18-3-5-26-47(37)58-50(40)42)56-53(43-24-11-22-41-38-19-4-6-27-48(38)59-51(41)43)55-31-32-12-7-17-36(28-32)57-45-25-9-16-33-15-8-20-39(49(33)45)44-29-34-13-1-2-14-35(34)30-46(44)57/h1-30H,31H2,(H2,54,55,56). The Kier molecular flexibility index (Phi) is 7.77. The molecule has 12 rings (SSSR count). The molecule has 0 atom stereocenters. The summed E-state index contributed by atoms with van der Waals surface area (Å²) in [6, 6.07) is 65.3. The summed E-state index contributed by atoms with van der Waals surface area (Å²) in [7, 11) is 0. The minimum Gasteiger partial charge on any atom is -0.383 e. The van der Waals surface area contributed by atoms with Gasteiger partial charge in [0.25, 0.3) is 0 Å². The van der Waals surface area contributed by atoms with Crippen molar-refractivity contribution in [2.24, 2.45) is 15.7 Å². The normalized spacial score (nSPS) is 13.1. The van der Waals surface area contributed by atoms with Gasteiger partial charge >= 0.3 is 0 Å². The van der Waals surface area contributed by atoms with E-state index in [4.69, 9.17) is 15.7 Å². The van der Waals surface area contributed by atoms with Crippen LogP contribution in [-0.4, -0.2) is 11.7 Å². The number of hydrogen-bond acceptors (Lipinski definition) is 4. The number of aliphatic imine (C=N–C) groups is 2. The average molecular weight is 791 g/mol. The Bertz CT molecular complexity index is 3570. The van der Waals surface area contributed by atoms with Crippen LogP contribution < -0.4 is 10.6 Å². The van der Waals surface area contributed by atoms with Gasteiger partial charge in [-0.3, -0.25) is 4.99 Å². The minimum absolute atomic E-state index is 0.424. The molecule has 2 N–H and O–H groups in total. The van der Waals surface area contributed by atoms with Crippen LogP contribution in [0.1, 0.15) is 16.7 Å². The Morgan fingerprint density at radius 2 is 1.08 bits per heavy atom. The molecule has 3 heterocycles. The van der Waals surface area contributed by atoms with Gasteiger partial charge in [-0.25, -0.2) is 4.99 Å². The third-order valence-corrected chi connectivity index (χ3v) is 14.1. The molecule has 2 aromatic heterocycles. The molecule has 0 saturated carbocycles. The van der Waals surface area contributed by atoms with Gasteiger partial charge in [0.1, 0.15) is 5.84 Å². The fourth-order valence-corrected chi connectivity index (χ4v) is 11.4. The summed E-state index contributed by atoms with van der Waals surface area (Å²) in [5.41, 5.74) is 16.0. The summed E-state index contributed by atoms with van der Waals surface area (Å²) in [5, 5.41) is 9.79. The fraction of sp³-hybridized carbons (Fsp3) is 0.0189. The van der Waals surface area contributed by atoms with E-state index in [0.717, 1.165) is 31.8 Å². The summed E-state index contributed by atoms with van der Waals surface area (Å²) in [5.74, 6) is 1.08. The third kappa shape index (κ3) is 5.48. The summed E-state index contributed by atoms with van der Waals surface area (Å²) in [6.45, 7) is 0.424. The smallest absolute Gasteiger partial charge is 0.158 e. The van der Waals surface area contributed by atoms with E-state index in [1.54, 1.807) is 22.7 Å². The van der Waals surface area contributed by atoms with Crippen LogP contribution >= 0.6 is 22.7 Å². The molecule has 4 nitrogen and oxygen atoms in total. The largest absolute Gasteiger partial charge is 0.383 e. The molecular formula is C53H34N4S2. The number of hydrogen-bond donors (Lipinski definition) is 1. The molecule has 0 amide bonds. The maximum absolute atomic E-state index is 7.06. The number of amidine groups is 2. The first kappa shape index (κ1) is 34.0. The molecule has 0 radical (unpaired) electrons. The highest BCUT2D eigenvalue weighted by Gasteiger charge is 2.26. The lowest BCUT2D eigenvalue weighted by Gasteiger charge is -2.34. The lowest BCUT2D eigenvalue weighted by Crippen LogP contribution is -2.17. The van der Waals surface area contributed by atoms with Crippen LogP contribution in [0.5, 0.6) is 0 Å². The van der Waals surface area contributed by atoms with Crippen LogP contribution in [0.3, 0.4) is 0 Å². The quantitative estimate of drug-likeness (QED) is 0.139. The third-order valence-electron chi connectivity index (χ3n) is 11.7. The van der Waals surface area contributed by atoms with Gasteiger partial charge in [-0.05, 0) is 81.9 Å². The number of rotatable bonds is 5. The maximum Gasteiger partial charge on any atom is 0.158 e. The predicted molar refractivity (Wildman–Crippen MR) is 255 cm³/mol. The number of nitrogens with zero attached hydrogens (tertiary/aromatic N) is 3. The predicted octanol–water partition coefficient (Wildman–Crippen LogP) is 14.5. The van der Waals surface area contributed by atoms with Crippen molar-refractivity contribution >= 4 is 113 Å². The van der Waals surface area contributed by atoms with Crippen LogP contribution in [0.2, 0.25) is 0 Å². The van der Waals surface area contributed by atoms with E-state index in [-0.39, 0.29) is 0 Å². The summed E-state index contributed by atoms with van der Waals surface area (Å²) >= 11 is 3.54. The lowest BCUT2D eigenvalue weighted by atomic mass is 9.89. The van der Waals surface area contributed by atoms with Crippen molar-refractivity contribution in [2.45, 2.75) is 6.54 Å². The zero-order chi connectivity index (χ0) is 39.0. The topological polar surface area (TPSA) is 54.0 Å². The molecule has 0 fully saturated rings. The van der Waals surface area contributed by atoms with Crippen molar-refractivity contribution in [2.75, 3.05) is 4.90 Å². The average Bonchev–Trinajstić information content (AvgIpc) is 3.86. The van der Waals surface area contributed by atoms with E-state index in [1.165, 1.54) is 75.0 Å². The molecule has 0 saturated heterocycles.